The van der Waals surface area contributed by atoms with Gasteiger partial charge in [0.2, 0.25) is 5.91 Å². The number of likely N-dealkylation sites (tertiary alicyclic amines) is 1. The van der Waals surface area contributed by atoms with Gasteiger partial charge in [-0.1, -0.05) is 0 Å². The van der Waals surface area contributed by atoms with Crippen molar-refractivity contribution in [1.82, 2.24) is 19.8 Å². The van der Waals surface area contributed by atoms with Gasteiger partial charge in [-0.15, -0.1) is 11.3 Å². The van der Waals surface area contributed by atoms with Crippen LogP contribution in [0.15, 0.2) is 16.2 Å². The molecule has 3 heterocycles. The van der Waals surface area contributed by atoms with Crippen LogP contribution in [0.4, 0.5) is 0 Å². The van der Waals surface area contributed by atoms with Crippen LogP contribution in [0.5, 0.6) is 0 Å². The van der Waals surface area contributed by atoms with Crippen LogP contribution in [-0.2, 0) is 11.3 Å². The highest BCUT2D eigenvalue weighted by atomic mass is 32.1. The van der Waals surface area contributed by atoms with Gasteiger partial charge in [-0.3, -0.25) is 14.5 Å². The van der Waals surface area contributed by atoms with Crippen LogP contribution in [0.3, 0.4) is 0 Å². The fourth-order valence-electron chi connectivity index (χ4n) is 2.78. The second kappa shape index (κ2) is 5.57. The maximum absolute atomic E-state index is 12.2. The molecule has 0 spiro atoms. The number of nitrogens with zero attached hydrogens (tertiary/aromatic N) is 3. The predicted molar refractivity (Wildman–Crippen MR) is 82.4 cm³/mol. The van der Waals surface area contributed by atoms with Crippen molar-refractivity contribution in [2.45, 2.75) is 25.4 Å². The van der Waals surface area contributed by atoms with Crippen molar-refractivity contribution in [3.05, 3.63) is 27.6 Å². The van der Waals surface area contributed by atoms with Gasteiger partial charge in [-0.2, -0.15) is 0 Å². The number of carbonyl (C=O) groups is 1. The van der Waals surface area contributed by atoms with Gasteiger partial charge in [0.15, 0.2) is 0 Å². The van der Waals surface area contributed by atoms with E-state index in [0.717, 1.165) is 24.9 Å². The molecule has 0 bridgehead atoms. The molecule has 2 aromatic heterocycles. The molecule has 1 fully saturated rings. The fourth-order valence-corrected chi connectivity index (χ4v) is 3.51. The highest BCUT2D eigenvalue weighted by Gasteiger charge is 2.32. The summed E-state index contributed by atoms with van der Waals surface area (Å²) in [5.41, 5.74) is 0.633. The van der Waals surface area contributed by atoms with Crippen molar-refractivity contribution in [1.29, 1.82) is 0 Å². The lowest BCUT2D eigenvalue weighted by Crippen LogP contribution is -2.42. The molecular formula is C14H18N4O2S. The monoisotopic (exact) mass is 306 g/mol. The zero-order valence-corrected chi connectivity index (χ0v) is 12.9. The van der Waals surface area contributed by atoms with Crippen molar-refractivity contribution in [3.8, 4) is 0 Å². The summed E-state index contributed by atoms with van der Waals surface area (Å²) in [7, 11) is 3.55. The first-order valence-corrected chi connectivity index (χ1v) is 7.86. The first-order valence-electron chi connectivity index (χ1n) is 6.98. The van der Waals surface area contributed by atoms with E-state index in [2.05, 4.69) is 14.9 Å². The maximum atomic E-state index is 12.2. The number of hydrogen-bond acceptors (Lipinski definition) is 5. The molecule has 7 heteroatoms. The van der Waals surface area contributed by atoms with Crippen LogP contribution in [0, 0.1) is 0 Å². The van der Waals surface area contributed by atoms with Gasteiger partial charge in [0.05, 0.1) is 18.1 Å². The third kappa shape index (κ3) is 2.71. The Balaban J connectivity index is 1.84. The van der Waals surface area contributed by atoms with Gasteiger partial charge < -0.3 is 9.88 Å². The quantitative estimate of drug-likeness (QED) is 0.920. The number of amides is 1. The second-order valence-corrected chi connectivity index (χ2v) is 6.42. The Kier molecular flexibility index (Phi) is 3.77. The molecule has 6 nitrogen and oxygen atoms in total. The molecule has 3 rings (SSSR count). The predicted octanol–water partition coefficient (Wildman–Crippen LogP) is 1.04. The number of nitrogens with one attached hydrogen (secondary N) is 1. The summed E-state index contributed by atoms with van der Waals surface area (Å²) in [5, 5.41) is 1.87. The molecule has 1 atom stereocenters. The minimum atomic E-state index is -0.108. The number of carbonyl (C=O) groups excluding carboxylic acids is 1. The molecule has 1 saturated heterocycles. The van der Waals surface area contributed by atoms with E-state index in [1.54, 1.807) is 19.0 Å². The number of fused-ring (bicyclic) bond motifs is 1. The highest BCUT2D eigenvalue weighted by molar-refractivity contribution is 7.17. The average Bonchev–Trinajstić information content (AvgIpc) is 3.06. The largest absolute Gasteiger partial charge is 0.347 e. The standard InChI is InChI=1S/C14H18N4O2S/c1-17(2)14(20)10-4-3-6-18(10)8-11-15-9-5-7-21-12(9)13(19)16-11/h5,7,10H,3-4,6,8H2,1-2H3,(H,15,16,19). The van der Waals surface area contributed by atoms with E-state index < -0.39 is 0 Å². The lowest BCUT2D eigenvalue weighted by molar-refractivity contribution is -0.133. The van der Waals surface area contributed by atoms with Crippen LogP contribution >= 0.6 is 11.3 Å². The summed E-state index contributed by atoms with van der Waals surface area (Å²) in [6.07, 6.45) is 1.86. The Bertz CT molecular complexity index is 721. The van der Waals surface area contributed by atoms with E-state index in [9.17, 15) is 9.59 Å². The number of H-pyrrole nitrogens is 1. The molecule has 1 unspecified atom stereocenters. The van der Waals surface area contributed by atoms with Crippen LogP contribution in [-0.4, -0.2) is 52.4 Å². The van der Waals surface area contributed by atoms with Crippen LogP contribution < -0.4 is 5.56 Å². The van der Waals surface area contributed by atoms with Crippen LogP contribution in [0.25, 0.3) is 10.2 Å². The summed E-state index contributed by atoms with van der Waals surface area (Å²) in [6, 6.07) is 1.74. The van der Waals surface area contributed by atoms with Gasteiger partial charge in [0.1, 0.15) is 10.5 Å². The summed E-state index contributed by atoms with van der Waals surface area (Å²) in [6.45, 7) is 1.36. The molecule has 0 radical (unpaired) electrons. The smallest absolute Gasteiger partial charge is 0.268 e. The molecule has 0 saturated carbocycles. The van der Waals surface area contributed by atoms with Crippen molar-refractivity contribution in [3.63, 3.8) is 0 Å². The average molecular weight is 306 g/mol. The van der Waals surface area contributed by atoms with Gasteiger partial charge in [-0.25, -0.2) is 4.98 Å². The highest BCUT2D eigenvalue weighted by Crippen LogP contribution is 2.21. The summed E-state index contributed by atoms with van der Waals surface area (Å²) >= 11 is 1.39. The Hall–Kier alpha value is -1.73. The normalized spacial score (nSPS) is 19.2. The summed E-state index contributed by atoms with van der Waals surface area (Å²) < 4.78 is 0.654. The molecule has 0 aromatic carbocycles. The second-order valence-electron chi connectivity index (χ2n) is 5.51. The zero-order valence-electron chi connectivity index (χ0n) is 12.1. The van der Waals surface area contributed by atoms with E-state index in [4.69, 9.17) is 0 Å². The molecule has 1 N–H and O–H groups in total. The third-order valence-corrected chi connectivity index (χ3v) is 4.71. The zero-order chi connectivity index (χ0) is 15.0. The first-order chi connectivity index (χ1) is 10.1. The Morgan fingerprint density at radius 2 is 2.38 bits per heavy atom. The van der Waals surface area contributed by atoms with Crippen molar-refractivity contribution < 1.29 is 4.79 Å². The topological polar surface area (TPSA) is 69.3 Å². The molecule has 2 aromatic rings. The van der Waals surface area contributed by atoms with E-state index in [1.807, 2.05) is 11.4 Å². The maximum Gasteiger partial charge on any atom is 0.268 e. The van der Waals surface area contributed by atoms with Crippen molar-refractivity contribution in [2.75, 3.05) is 20.6 Å². The molecule has 1 amide bonds. The summed E-state index contributed by atoms with van der Waals surface area (Å²) in [4.78, 5) is 35.2. The van der Waals surface area contributed by atoms with E-state index in [-0.39, 0.29) is 17.5 Å². The number of likely N-dealkylation sites (N-methyl/N-ethyl adjacent to an activating group) is 1. The lowest BCUT2D eigenvalue weighted by atomic mass is 10.2. The number of aromatic nitrogens is 2. The number of rotatable bonds is 3. The van der Waals surface area contributed by atoms with Gasteiger partial charge in [-0.05, 0) is 30.8 Å². The molecule has 112 valence electrons. The van der Waals surface area contributed by atoms with Gasteiger partial charge >= 0.3 is 0 Å². The van der Waals surface area contributed by atoms with E-state index >= 15 is 0 Å². The minimum Gasteiger partial charge on any atom is -0.347 e. The van der Waals surface area contributed by atoms with E-state index in [1.165, 1.54) is 11.3 Å². The first kappa shape index (κ1) is 14.2. The van der Waals surface area contributed by atoms with Crippen LogP contribution in [0.1, 0.15) is 18.7 Å². The molecule has 21 heavy (non-hydrogen) atoms. The van der Waals surface area contributed by atoms with Gasteiger partial charge in [0.25, 0.3) is 5.56 Å². The SMILES string of the molecule is CN(C)C(=O)C1CCCN1Cc1nc2ccsc2c(=O)[nH]1. The molecular weight excluding hydrogens is 288 g/mol. The molecule has 1 aliphatic heterocycles. The Morgan fingerprint density at radius 1 is 1.57 bits per heavy atom. The Morgan fingerprint density at radius 3 is 3.14 bits per heavy atom. The number of aromatic amines is 1. The van der Waals surface area contributed by atoms with Gasteiger partial charge in [0, 0.05) is 14.1 Å². The van der Waals surface area contributed by atoms with Crippen molar-refractivity contribution in [2.24, 2.45) is 0 Å². The summed E-state index contributed by atoms with van der Waals surface area (Å²) in [5.74, 6) is 0.746. The Labute approximate surface area is 126 Å². The van der Waals surface area contributed by atoms with Crippen LogP contribution in [0.2, 0.25) is 0 Å². The molecule has 1 aliphatic rings. The minimum absolute atomic E-state index is 0.0975. The van der Waals surface area contributed by atoms with Crippen molar-refractivity contribution >= 4 is 27.5 Å². The molecule has 0 aliphatic carbocycles. The number of thiophene rings is 1. The fraction of sp³-hybridized carbons (Fsp3) is 0.500. The number of hydrogen-bond donors (Lipinski definition) is 1. The lowest BCUT2D eigenvalue weighted by Gasteiger charge is -2.25. The third-order valence-electron chi connectivity index (χ3n) is 3.81. The van der Waals surface area contributed by atoms with E-state index in [0.29, 0.717) is 17.1 Å².